The van der Waals surface area contributed by atoms with E-state index < -0.39 is 0 Å². The molecule has 1 aromatic heterocycles. The molecule has 3 nitrogen and oxygen atoms in total. The molecule has 15 heavy (non-hydrogen) atoms. The molecule has 0 aliphatic rings. The van der Waals surface area contributed by atoms with Gasteiger partial charge in [0.2, 0.25) is 0 Å². The van der Waals surface area contributed by atoms with Gasteiger partial charge in [-0.2, -0.15) is 5.10 Å². The fourth-order valence-electron chi connectivity index (χ4n) is 1.42. The van der Waals surface area contributed by atoms with Gasteiger partial charge in [0.05, 0.1) is 12.2 Å². The molecule has 2 rings (SSSR count). The van der Waals surface area contributed by atoms with Gasteiger partial charge in [0.15, 0.2) is 0 Å². The lowest BCUT2D eigenvalue weighted by Crippen LogP contribution is -2.01. The molecule has 0 aliphatic carbocycles. The van der Waals surface area contributed by atoms with Gasteiger partial charge < -0.3 is 5.73 Å². The highest BCUT2D eigenvalue weighted by Gasteiger charge is 2.02. The quantitative estimate of drug-likeness (QED) is 0.849. The smallest absolute Gasteiger partial charge is 0.0670 e. The predicted molar refractivity (Wildman–Crippen MR) is 64.6 cm³/mol. The van der Waals surface area contributed by atoms with Crippen molar-refractivity contribution in [3.05, 3.63) is 46.2 Å². The fraction of sp³-hybridized carbons (Fsp3) is 0.182. The Morgan fingerprint density at radius 2 is 2.20 bits per heavy atom. The van der Waals surface area contributed by atoms with Crippen molar-refractivity contribution in [1.29, 1.82) is 0 Å². The third-order valence-electron chi connectivity index (χ3n) is 2.18. The van der Waals surface area contributed by atoms with Crippen molar-refractivity contribution in [2.24, 2.45) is 0 Å². The summed E-state index contributed by atoms with van der Waals surface area (Å²) in [5, 5.41) is 4.33. The maximum atomic E-state index is 5.67. The first-order chi connectivity index (χ1) is 7.15. The molecule has 0 spiro atoms. The number of hydrogen-bond donors (Lipinski definition) is 1. The van der Waals surface area contributed by atoms with Gasteiger partial charge in [0, 0.05) is 16.4 Å². The van der Waals surface area contributed by atoms with E-state index in [1.165, 1.54) is 5.56 Å². The molecule has 0 amide bonds. The number of hydrogen-bond acceptors (Lipinski definition) is 2. The SMILES string of the molecule is Cc1ccn(Cc2ccc(N)cc2Br)n1. The molecule has 2 N–H and O–H groups in total. The number of anilines is 1. The molecule has 0 fully saturated rings. The van der Waals surface area contributed by atoms with Crippen LogP contribution < -0.4 is 5.73 Å². The van der Waals surface area contributed by atoms with Crippen LogP contribution in [0.15, 0.2) is 34.9 Å². The van der Waals surface area contributed by atoms with E-state index in [-0.39, 0.29) is 0 Å². The second-order valence-electron chi connectivity index (χ2n) is 3.51. The largest absolute Gasteiger partial charge is 0.399 e. The Bertz CT molecular complexity index is 476. The van der Waals surface area contributed by atoms with Crippen LogP contribution >= 0.6 is 15.9 Å². The van der Waals surface area contributed by atoms with E-state index in [1.54, 1.807) is 0 Å². The molecular weight excluding hydrogens is 254 g/mol. The number of rotatable bonds is 2. The van der Waals surface area contributed by atoms with Crippen LogP contribution in [-0.2, 0) is 6.54 Å². The zero-order valence-corrected chi connectivity index (χ0v) is 10.0. The first kappa shape index (κ1) is 10.2. The Hall–Kier alpha value is -1.29. The highest BCUT2D eigenvalue weighted by atomic mass is 79.9. The lowest BCUT2D eigenvalue weighted by atomic mass is 10.2. The highest BCUT2D eigenvalue weighted by molar-refractivity contribution is 9.10. The van der Waals surface area contributed by atoms with Gasteiger partial charge in [0.1, 0.15) is 0 Å². The van der Waals surface area contributed by atoms with Gasteiger partial charge in [-0.15, -0.1) is 0 Å². The summed E-state index contributed by atoms with van der Waals surface area (Å²) < 4.78 is 2.93. The van der Waals surface area contributed by atoms with Crippen LogP contribution in [0, 0.1) is 6.92 Å². The molecule has 78 valence electrons. The molecule has 2 aromatic rings. The summed E-state index contributed by atoms with van der Waals surface area (Å²) in [5.74, 6) is 0. The molecule has 0 radical (unpaired) electrons. The topological polar surface area (TPSA) is 43.8 Å². The summed E-state index contributed by atoms with van der Waals surface area (Å²) in [6.45, 7) is 2.74. The Labute approximate surface area is 97.0 Å². The second-order valence-corrected chi connectivity index (χ2v) is 4.36. The lowest BCUT2D eigenvalue weighted by molar-refractivity contribution is 0.678. The standard InChI is InChI=1S/C11H12BrN3/c1-8-4-5-15(14-8)7-9-2-3-10(13)6-11(9)12/h2-6H,7,13H2,1H3. The van der Waals surface area contributed by atoms with Crippen molar-refractivity contribution in [2.75, 3.05) is 5.73 Å². The zero-order valence-electron chi connectivity index (χ0n) is 8.44. The molecule has 0 aliphatic heterocycles. The molecular formula is C11H12BrN3. The first-order valence-corrected chi connectivity index (χ1v) is 5.48. The third kappa shape index (κ3) is 2.39. The number of nitrogens with zero attached hydrogens (tertiary/aromatic N) is 2. The minimum Gasteiger partial charge on any atom is -0.399 e. The van der Waals surface area contributed by atoms with Crippen LogP contribution in [-0.4, -0.2) is 9.78 Å². The molecule has 0 saturated heterocycles. The maximum absolute atomic E-state index is 5.67. The highest BCUT2D eigenvalue weighted by Crippen LogP contribution is 2.20. The van der Waals surface area contributed by atoms with E-state index in [4.69, 9.17) is 5.73 Å². The van der Waals surface area contributed by atoms with Crippen LogP contribution in [0.1, 0.15) is 11.3 Å². The van der Waals surface area contributed by atoms with Crippen molar-refractivity contribution in [3.63, 3.8) is 0 Å². The molecule has 4 heteroatoms. The number of nitrogen functional groups attached to an aromatic ring is 1. The molecule has 1 aromatic carbocycles. The second kappa shape index (κ2) is 4.06. The minimum absolute atomic E-state index is 0.759. The van der Waals surface area contributed by atoms with Crippen LogP contribution in [0.25, 0.3) is 0 Å². The minimum atomic E-state index is 0.759. The van der Waals surface area contributed by atoms with E-state index in [0.29, 0.717) is 0 Å². The van der Waals surface area contributed by atoms with Gasteiger partial charge in [-0.1, -0.05) is 22.0 Å². The zero-order chi connectivity index (χ0) is 10.8. The molecule has 0 saturated carbocycles. The molecule has 0 atom stereocenters. The number of aryl methyl sites for hydroxylation is 1. The maximum Gasteiger partial charge on any atom is 0.0670 e. The van der Waals surface area contributed by atoms with Gasteiger partial charge in [-0.3, -0.25) is 4.68 Å². The average Bonchev–Trinajstić information content (AvgIpc) is 2.56. The summed E-state index contributed by atoms with van der Waals surface area (Å²) >= 11 is 3.49. The average molecular weight is 266 g/mol. The van der Waals surface area contributed by atoms with E-state index in [0.717, 1.165) is 22.4 Å². The number of nitrogens with two attached hydrogens (primary N) is 1. The van der Waals surface area contributed by atoms with Crippen LogP contribution in [0.2, 0.25) is 0 Å². The normalized spacial score (nSPS) is 10.5. The van der Waals surface area contributed by atoms with Gasteiger partial charge in [-0.25, -0.2) is 0 Å². The monoisotopic (exact) mass is 265 g/mol. The van der Waals surface area contributed by atoms with Gasteiger partial charge >= 0.3 is 0 Å². The van der Waals surface area contributed by atoms with E-state index in [9.17, 15) is 0 Å². The summed E-state index contributed by atoms with van der Waals surface area (Å²) in [5.41, 5.74) is 8.64. The van der Waals surface area contributed by atoms with E-state index in [1.807, 2.05) is 42.1 Å². The Balaban J connectivity index is 2.24. The predicted octanol–water partition coefficient (Wildman–Crippen LogP) is 2.58. The Kier molecular flexibility index (Phi) is 2.77. The van der Waals surface area contributed by atoms with Crippen molar-refractivity contribution >= 4 is 21.6 Å². The van der Waals surface area contributed by atoms with Gasteiger partial charge in [-0.05, 0) is 30.7 Å². The van der Waals surface area contributed by atoms with Crippen molar-refractivity contribution < 1.29 is 0 Å². The van der Waals surface area contributed by atoms with Crippen LogP contribution in [0.3, 0.4) is 0 Å². The van der Waals surface area contributed by atoms with Crippen molar-refractivity contribution in [1.82, 2.24) is 9.78 Å². The van der Waals surface area contributed by atoms with E-state index >= 15 is 0 Å². The third-order valence-corrected chi connectivity index (χ3v) is 2.92. The molecule has 0 unspecified atom stereocenters. The number of halogens is 1. The van der Waals surface area contributed by atoms with Gasteiger partial charge in [0.25, 0.3) is 0 Å². The van der Waals surface area contributed by atoms with Crippen LogP contribution in [0.4, 0.5) is 5.69 Å². The van der Waals surface area contributed by atoms with Crippen molar-refractivity contribution in [2.45, 2.75) is 13.5 Å². The molecule has 1 heterocycles. The Morgan fingerprint density at radius 1 is 1.40 bits per heavy atom. The summed E-state index contributed by atoms with van der Waals surface area (Å²) in [4.78, 5) is 0. The van der Waals surface area contributed by atoms with Crippen LogP contribution in [0.5, 0.6) is 0 Å². The van der Waals surface area contributed by atoms with E-state index in [2.05, 4.69) is 21.0 Å². The lowest BCUT2D eigenvalue weighted by Gasteiger charge is -2.05. The summed E-state index contributed by atoms with van der Waals surface area (Å²) in [7, 11) is 0. The Morgan fingerprint density at radius 3 is 2.80 bits per heavy atom. The number of benzene rings is 1. The molecule has 0 bridgehead atoms. The number of aromatic nitrogens is 2. The first-order valence-electron chi connectivity index (χ1n) is 4.69. The fourth-order valence-corrected chi connectivity index (χ4v) is 1.94. The van der Waals surface area contributed by atoms with Crippen molar-refractivity contribution in [3.8, 4) is 0 Å². The summed E-state index contributed by atoms with van der Waals surface area (Å²) in [6, 6.07) is 7.81. The summed E-state index contributed by atoms with van der Waals surface area (Å²) in [6.07, 6.45) is 1.97.